The number of piperidine rings is 1. The van der Waals surface area contributed by atoms with Gasteiger partial charge in [-0.25, -0.2) is 0 Å². The van der Waals surface area contributed by atoms with Crippen molar-refractivity contribution in [3.63, 3.8) is 0 Å². The summed E-state index contributed by atoms with van der Waals surface area (Å²) >= 11 is 6.47. The van der Waals surface area contributed by atoms with Crippen molar-refractivity contribution in [1.82, 2.24) is 24.8 Å². The van der Waals surface area contributed by atoms with E-state index in [4.69, 9.17) is 21.1 Å². The lowest BCUT2D eigenvalue weighted by Gasteiger charge is -2.37. The minimum absolute atomic E-state index is 0.149. The second-order valence-corrected chi connectivity index (χ2v) is 9.66. The second kappa shape index (κ2) is 8.49. The number of aliphatic hydroxyl groups is 1. The molecule has 1 fully saturated rings. The lowest BCUT2D eigenvalue weighted by atomic mass is 9.94. The molecule has 3 aromatic rings. The molecule has 0 aliphatic carbocycles. The van der Waals surface area contributed by atoms with Gasteiger partial charge in [0.25, 0.3) is 5.56 Å². The molecule has 10 heteroatoms. The van der Waals surface area contributed by atoms with Crippen molar-refractivity contribution in [3.8, 4) is 11.5 Å². The molecule has 1 saturated heterocycles. The number of halogens is 1. The number of rotatable bonds is 5. The Morgan fingerprint density at radius 2 is 1.94 bits per heavy atom. The van der Waals surface area contributed by atoms with Gasteiger partial charge in [0.15, 0.2) is 11.5 Å². The molecule has 0 amide bonds. The summed E-state index contributed by atoms with van der Waals surface area (Å²) < 4.78 is 12.8. The van der Waals surface area contributed by atoms with Crippen LogP contribution in [-0.4, -0.2) is 63.4 Å². The maximum Gasteiger partial charge on any atom is 0.251 e. The van der Waals surface area contributed by atoms with Crippen molar-refractivity contribution in [3.05, 3.63) is 57.2 Å². The van der Waals surface area contributed by atoms with Gasteiger partial charge in [0.05, 0.1) is 34.5 Å². The number of likely N-dealkylation sites (tertiary alicyclic amines) is 1. The van der Waals surface area contributed by atoms with Crippen LogP contribution in [0, 0.1) is 0 Å². The van der Waals surface area contributed by atoms with Crippen LogP contribution in [0.15, 0.2) is 35.4 Å². The summed E-state index contributed by atoms with van der Waals surface area (Å²) in [6, 6.07) is 5.48. The van der Waals surface area contributed by atoms with Crippen molar-refractivity contribution in [2.45, 2.75) is 37.6 Å². The lowest BCUT2D eigenvalue weighted by Crippen LogP contribution is -2.48. The van der Waals surface area contributed by atoms with Crippen LogP contribution in [0.4, 0.5) is 0 Å². The number of pyridine rings is 3. The molecular formula is C24H26ClN5O4. The van der Waals surface area contributed by atoms with Gasteiger partial charge in [-0.2, -0.15) is 0 Å². The van der Waals surface area contributed by atoms with E-state index in [1.54, 1.807) is 23.0 Å². The number of hydrogen-bond donors (Lipinski definition) is 2. The second-order valence-electron chi connectivity index (χ2n) is 9.25. The molecule has 34 heavy (non-hydrogen) atoms. The number of aromatic nitrogens is 3. The smallest absolute Gasteiger partial charge is 0.251 e. The highest BCUT2D eigenvalue weighted by atomic mass is 35.5. The molecule has 178 valence electrons. The Kier molecular flexibility index (Phi) is 5.44. The van der Waals surface area contributed by atoms with E-state index in [0.29, 0.717) is 59.7 Å². The molecule has 3 aromatic heterocycles. The van der Waals surface area contributed by atoms with E-state index in [1.807, 2.05) is 6.07 Å². The van der Waals surface area contributed by atoms with Gasteiger partial charge in [-0.3, -0.25) is 19.7 Å². The Hall–Kier alpha value is -2.72. The van der Waals surface area contributed by atoms with Crippen LogP contribution in [0.5, 0.6) is 11.5 Å². The van der Waals surface area contributed by atoms with Gasteiger partial charge in [0.1, 0.15) is 18.8 Å². The minimum atomic E-state index is -1.22. The fourth-order valence-corrected chi connectivity index (χ4v) is 5.62. The first kappa shape index (κ1) is 21.8. The Balaban J connectivity index is 1.09. The number of β-amino-alcohol motifs (C(OH)–C–C–N with tert-alkyl or cyclic N) is 1. The molecule has 0 saturated carbocycles. The Labute approximate surface area is 201 Å². The summed E-state index contributed by atoms with van der Waals surface area (Å²) in [5, 5.41) is 15.6. The molecule has 3 aliphatic heterocycles. The molecule has 6 rings (SSSR count). The maximum atomic E-state index is 12.4. The van der Waals surface area contributed by atoms with Crippen molar-refractivity contribution < 1.29 is 14.6 Å². The zero-order valence-electron chi connectivity index (χ0n) is 18.7. The predicted molar refractivity (Wildman–Crippen MR) is 126 cm³/mol. The summed E-state index contributed by atoms with van der Waals surface area (Å²) in [5.41, 5.74) is 1.48. The first-order valence-electron chi connectivity index (χ1n) is 11.6. The normalized spacial score (nSPS) is 22.4. The molecule has 0 unspecified atom stereocenters. The largest absolute Gasteiger partial charge is 0.486 e. The standard InChI is InChI=1S/C24H26ClN5O4/c25-17-11-28-18-1-2-21(31)30-14-24(32,22(17)23(18)30)13-29-5-3-15(4-6-29)26-10-16-9-19-20(12-27-16)34-8-7-33-19/h1-2,9,11-12,15,26,32H,3-8,10,13-14H2/t24-/m1/s1. The number of fused-ring (bicyclic) bond motifs is 1. The summed E-state index contributed by atoms with van der Waals surface area (Å²) in [6.07, 6.45) is 5.19. The maximum absolute atomic E-state index is 12.4. The predicted octanol–water partition coefficient (Wildman–Crippen LogP) is 1.67. The topological polar surface area (TPSA) is 102 Å². The minimum Gasteiger partial charge on any atom is -0.486 e. The number of ether oxygens (including phenoxy) is 2. The van der Waals surface area contributed by atoms with Gasteiger partial charge < -0.3 is 24.5 Å². The Morgan fingerprint density at radius 1 is 1.15 bits per heavy atom. The van der Waals surface area contributed by atoms with Crippen molar-refractivity contribution in [2.75, 3.05) is 32.8 Å². The van der Waals surface area contributed by atoms with Crippen LogP contribution in [0.25, 0.3) is 11.0 Å². The molecule has 6 heterocycles. The molecule has 1 atom stereocenters. The quantitative estimate of drug-likeness (QED) is 0.565. The Bertz CT molecular complexity index is 1310. The summed E-state index contributed by atoms with van der Waals surface area (Å²) in [5.74, 6) is 1.45. The third-order valence-electron chi connectivity index (χ3n) is 6.97. The van der Waals surface area contributed by atoms with Crippen LogP contribution >= 0.6 is 11.6 Å². The zero-order valence-corrected chi connectivity index (χ0v) is 19.4. The first-order valence-corrected chi connectivity index (χ1v) is 12.0. The van der Waals surface area contributed by atoms with Gasteiger partial charge in [-0.05, 0) is 32.0 Å². The van der Waals surface area contributed by atoms with E-state index in [0.717, 1.165) is 37.4 Å². The van der Waals surface area contributed by atoms with Crippen molar-refractivity contribution in [2.24, 2.45) is 0 Å². The third kappa shape index (κ3) is 3.82. The van der Waals surface area contributed by atoms with Crippen LogP contribution in [0.2, 0.25) is 5.02 Å². The van der Waals surface area contributed by atoms with E-state index in [2.05, 4.69) is 20.2 Å². The lowest BCUT2D eigenvalue weighted by molar-refractivity contribution is -0.0135. The third-order valence-corrected chi connectivity index (χ3v) is 7.26. The molecule has 0 aromatic carbocycles. The summed E-state index contributed by atoms with van der Waals surface area (Å²) in [7, 11) is 0. The van der Waals surface area contributed by atoms with E-state index in [1.165, 1.54) is 6.07 Å². The zero-order chi connectivity index (χ0) is 23.3. The number of hydrogen-bond acceptors (Lipinski definition) is 8. The SMILES string of the molecule is O=c1ccc2ncc(Cl)c3c2n1C[C@]3(O)CN1CCC(NCc2cc3c(cn2)OCCO3)CC1. The molecular weight excluding hydrogens is 458 g/mol. The van der Waals surface area contributed by atoms with E-state index in [-0.39, 0.29) is 12.1 Å². The van der Waals surface area contributed by atoms with Crippen LogP contribution < -0.4 is 20.3 Å². The first-order chi connectivity index (χ1) is 16.5. The monoisotopic (exact) mass is 483 g/mol. The molecule has 9 nitrogen and oxygen atoms in total. The molecule has 0 bridgehead atoms. The fraction of sp³-hybridized carbons (Fsp3) is 0.458. The highest BCUT2D eigenvalue weighted by Crippen LogP contribution is 2.40. The summed E-state index contributed by atoms with van der Waals surface area (Å²) in [4.78, 5) is 23.5. The van der Waals surface area contributed by atoms with Crippen LogP contribution in [0.3, 0.4) is 0 Å². The van der Waals surface area contributed by atoms with E-state index < -0.39 is 5.60 Å². The fourth-order valence-electron chi connectivity index (χ4n) is 5.31. The molecule has 0 radical (unpaired) electrons. The highest BCUT2D eigenvalue weighted by molar-refractivity contribution is 6.32. The van der Waals surface area contributed by atoms with Gasteiger partial charge >= 0.3 is 0 Å². The van der Waals surface area contributed by atoms with Crippen molar-refractivity contribution >= 4 is 22.6 Å². The average Bonchev–Trinajstić information content (AvgIpc) is 3.17. The Morgan fingerprint density at radius 3 is 2.76 bits per heavy atom. The van der Waals surface area contributed by atoms with Crippen molar-refractivity contribution in [1.29, 1.82) is 0 Å². The van der Waals surface area contributed by atoms with Gasteiger partial charge in [-0.1, -0.05) is 11.6 Å². The van der Waals surface area contributed by atoms with Crippen LogP contribution in [0.1, 0.15) is 24.1 Å². The van der Waals surface area contributed by atoms with Crippen LogP contribution in [-0.2, 0) is 18.7 Å². The molecule has 3 aliphatic rings. The highest BCUT2D eigenvalue weighted by Gasteiger charge is 2.42. The van der Waals surface area contributed by atoms with Gasteiger partial charge in [-0.15, -0.1) is 0 Å². The van der Waals surface area contributed by atoms with E-state index in [9.17, 15) is 9.90 Å². The number of nitrogens with one attached hydrogen (secondary N) is 1. The molecule has 0 spiro atoms. The van der Waals surface area contributed by atoms with Gasteiger partial charge in [0.2, 0.25) is 0 Å². The number of nitrogens with zero attached hydrogens (tertiary/aromatic N) is 4. The van der Waals surface area contributed by atoms with Gasteiger partial charge in [0, 0.05) is 43.0 Å². The molecule has 2 N–H and O–H groups in total. The average molecular weight is 484 g/mol. The van der Waals surface area contributed by atoms with E-state index >= 15 is 0 Å². The summed E-state index contributed by atoms with van der Waals surface area (Å²) in [6.45, 7) is 4.07.